The Morgan fingerprint density at radius 1 is 0.902 bits per heavy atom. The van der Waals surface area contributed by atoms with Gasteiger partial charge in [0.15, 0.2) is 0 Å². The summed E-state index contributed by atoms with van der Waals surface area (Å²) >= 11 is 0. The summed E-state index contributed by atoms with van der Waals surface area (Å²) in [7, 11) is 0. The third-order valence-corrected chi connectivity index (χ3v) is 7.85. The highest BCUT2D eigenvalue weighted by Gasteiger charge is 2.61. The van der Waals surface area contributed by atoms with Gasteiger partial charge < -0.3 is 14.2 Å². The van der Waals surface area contributed by atoms with E-state index in [9.17, 15) is 35.1 Å². The second kappa shape index (κ2) is 10.9. The second-order valence-corrected chi connectivity index (χ2v) is 10.8. The Labute approximate surface area is 231 Å². The van der Waals surface area contributed by atoms with Crippen molar-refractivity contribution in [3.8, 4) is 11.1 Å². The van der Waals surface area contributed by atoms with Crippen LogP contribution in [0.1, 0.15) is 56.6 Å². The lowest BCUT2D eigenvalue weighted by molar-refractivity contribution is -0.432. The molecule has 0 amide bonds. The fraction of sp³-hybridized carbons (Fsp3) is 0.517. The van der Waals surface area contributed by atoms with E-state index in [0.717, 1.165) is 44.6 Å². The van der Waals surface area contributed by atoms with E-state index in [1.807, 2.05) is 6.08 Å². The predicted molar refractivity (Wildman–Crippen MR) is 131 cm³/mol. The van der Waals surface area contributed by atoms with E-state index in [1.165, 1.54) is 12.1 Å². The number of halogens is 8. The van der Waals surface area contributed by atoms with Gasteiger partial charge in [-0.15, -0.1) is 13.2 Å². The molecule has 3 aliphatic rings. The highest BCUT2D eigenvalue weighted by Crippen LogP contribution is 2.51. The summed E-state index contributed by atoms with van der Waals surface area (Å²) in [6.45, 7) is 3.16. The van der Waals surface area contributed by atoms with Crippen molar-refractivity contribution in [2.75, 3.05) is 13.2 Å². The van der Waals surface area contributed by atoms with Gasteiger partial charge in [-0.1, -0.05) is 37.6 Å². The zero-order valence-corrected chi connectivity index (χ0v) is 22.0. The maximum atomic E-state index is 14.9. The molecule has 0 atom stereocenters. The Hall–Kier alpha value is -2.54. The van der Waals surface area contributed by atoms with Crippen LogP contribution in [0.15, 0.2) is 36.4 Å². The van der Waals surface area contributed by atoms with Gasteiger partial charge in [-0.05, 0) is 67.3 Å². The number of benzene rings is 2. The van der Waals surface area contributed by atoms with E-state index in [0.29, 0.717) is 30.9 Å². The zero-order valence-electron chi connectivity index (χ0n) is 22.0. The first-order chi connectivity index (χ1) is 19.2. The summed E-state index contributed by atoms with van der Waals surface area (Å²) in [5.74, 6) is -5.58. The van der Waals surface area contributed by atoms with Crippen LogP contribution in [0, 0.1) is 29.3 Å². The van der Waals surface area contributed by atoms with Gasteiger partial charge in [-0.3, -0.25) is 0 Å². The van der Waals surface area contributed by atoms with Gasteiger partial charge in [0.2, 0.25) is 0 Å². The zero-order chi connectivity index (χ0) is 29.6. The van der Waals surface area contributed by atoms with Gasteiger partial charge in [0.05, 0.1) is 13.2 Å². The van der Waals surface area contributed by atoms with Crippen molar-refractivity contribution in [1.29, 1.82) is 0 Å². The Bertz CT molecular complexity index is 1270. The van der Waals surface area contributed by atoms with Crippen LogP contribution in [-0.2, 0) is 25.1 Å². The van der Waals surface area contributed by atoms with Gasteiger partial charge in [0.25, 0.3) is 5.97 Å². The molecule has 0 radical (unpaired) electrons. The molecule has 0 unspecified atom stereocenters. The maximum Gasteiger partial charge on any atom is 0.527 e. The molecule has 0 spiro atoms. The molecule has 224 valence electrons. The van der Waals surface area contributed by atoms with Crippen molar-refractivity contribution >= 4 is 6.08 Å². The van der Waals surface area contributed by atoms with Gasteiger partial charge in [-0.25, -0.2) is 17.9 Å². The molecule has 5 rings (SSSR count). The maximum absolute atomic E-state index is 14.9. The number of rotatable bonds is 8. The fourth-order valence-electron chi connectivity index (χ4n) is 5.92. The number of ether oxygens (including phenoxy) is 4. The SMILES string of the molecule is CCCC12COC(C3CCC(/C=C/c4ccc(-c5cc(F)c(C(F)(F)OC(F)(F)F)c(F)c5)c(F)c4)CC3)(OC1)O2. The van der Waals surface area contributed by atoms with Crippen LogP contribution in [0.4, 0.5) is 35.1 Å². The molecule has 2 aromatic carbocycles. The highest BCUT2D eigenvalue weighted by atomic mass is 19.4. The number of hydrogen-bond donors (Lipinski definition) is 0. The summed E-state index contributed by atoms with van der Waals surface area (Å²) in [6, 6.07) is 4.45. The minimum atomic E-state index is -5.85. The largest absolute Gasteiger partial charge is 0.527 e. The lowest BCUT2D eigenvalue weighted by Gasteiger charge is -2.36. The molecule has 2 aliphatic heterocycles. The molecule has 1 aliphatic carbocycles. The first-order valence-corrected chi connectivity index (χ1v) is 13.4. The van der Waals surface area contributed by atoms with E-state index in [4.69, 9.17) is 14.2 Å². The minimum absolute atomic E-state index is 0.109. The fourth-order valence-corrected chi connectivity index (χ4v) is 5.92. The lowest BCUT2D eigenvalue weighted by Crippen LogP contribution is -2.42. The van der Waals surface area contributed by atoms with Gasteiger partial charge in [-0.2, -0.15) is 8.78 Å². The van der Waals surface area contributed by atoms with Crippen LogP contribution in [0.5, 0.6) is 0 Å². The van der Waals surface area contributed by atoms with Crippen LogP contribution < -0.4 is 0 Å². The van der Waals surface area contributed by atoms with E-state index in [-0.39, 0.29) is 23.0 Å². The summed E-state index contributed by atoms with van der Waals surface area (Å²) < 4.78 is 129. The third kappa shape index (κ3) is 6.16. The number of allylic oxidation sites excluding steroid dienone is 1. The van der Waals surface area contributed by atoms with E-state index < -0.39 is 47.0 Å². The molecular weight excluding hydrogens is 564 g/mol. The minimum Gasteiger partial charge on any atom is -0.324 e. The van der Waals surface area contributed by atoms with Crippen molar-refractivity contribution in [2.45, 2.75) is 69.5 Å². The van der Waals surface area contributed by atoms with Crippen molar-refractivity contribution in [1.82, 2.24) is 0 Å². The first kappa shape index (κ1) is 29.9. The Kier molecular flexibility index (Phi) is 7.99. The average Bonchev–Trinajstić information content (AvgIpc) is 3.43. The van der Waals surface area contributed by atoms with Gasteiger partial charge >= 0.3 is 12.5 Å². The molecular formula is C29H28F8O4. The molecule has 41 heavy (non-hydrogen) atoms. The molecule has 2 saturated heterocycles. The summed E-state index contributed by atoms with van der Waals surface area (Å²) in [6.07, 6.45) is -2.32. The van der Waals surface area contributed by atoms with E-state index >= 15 is 0 Å². The predicted octanol–water partition coefficient (Wildman–Crippen LogP) is 8.45. The van der Waals surface area contributed by atoms with Crippen molar-refractivity contribution in [3.63, 3.8) is 0 Å². The quantitative estimate of drug-likeness (QED) is 0.289. The molecule has 2 bridgehead atoms. The average molecular weight is 593 g/mol. The Morgan fingerprint density at radius 3 is 2.10 bits per heavy atom. The number of fused-ring (bicyclic) bond motifs is 2. The third-order valence-electron chi connectivity index (χ3n) is 7.85. The molecule has 0 aromatic heterocycles. The van der Waals surface area contributed by atoms with Crippen molar-refractivity contribution in [3.05, 3.63) is 65.0 Å². The molecule has 0 N–H and O–H groups in total. The highest BCUT2D eigenvalue weighted by molar-refractivity contribution is 5.67. The molecule has 3 fully saturated rings. The van der Waals surface area contributed by atoms with Crippen LogP contribution in [0.3, 0.4) is 0 Å². The molecule has 1 saturated carbocycles. The smallest absolute Gasteiger partial charge is 0.324 e. The van der Waals surface area contributed by atoms with Crippen LogP contribution >= 0.6 is 0 Å². The van der Waals surface area contributed by atoms with Crippen LogP contribution in [0.25, 0.3) is 17.2 Å². The second-order valence-electron chi connectivity index (χ2n) is 10.8. The molecule has 2 aromatic rings. The summed E-state index contributed by atoms with van der Waals surface area (Å²) in [5, 5.41) is 0. The van der Waals surface area contributed by atoms with Crippen molar-refractivity contribution in [2.24, 2.45) is 11.8 Å². The summed E-state index contributed by atoms with van der Waals surface area (Å²) in [4.78, 5) is 0. The standard InChI is InChI=1S/C29H28F8O4/c1-2-11-26-15-38-28(40-26,39-16-26)20-8-5-17(6-9-20)3-4-18-7-10-21(22(30)12-18)19-13-23(31)25(24(32)14-19)27(33,34)41-29(35,36)37/h3-4,7,10,12-14,17,20H,2,5-6,8-9,11,15-16H2,1H3/b4-3+. The first-order valence-electron chi connectivity index (χ1n) is 13.4. The van der Waals surface area contributed by atoms with Gasteiger partial charge in [0.1, 0.15) is 28.6 Å². The van der Waals surface area contributed by atoms with E-state index in [1.54, 1.807) is 6.08 Å². The Morgan fingerprint density at radius 2 is 1.54 bits per heavy atom. The molecule has 12 heteroatoms. The number of alkyl halides is 5. The Balaban J connectivity index is 1.23. The normalized spacial score (nSPS) is 28.6. The topological polar surface area (TPSA) is 36.9 Å². The summed E-state index contributed by atoms with van der Waals surface area (Å²) in [5.41, 5.74) is -2.91. The van der Waals surface area contributed by atoms with Crippen molar-refractivity contribution < 1.29 is 54.1 Å². The van der Waals surface area contributed by atoms with Crippen LogP contribution in [-0.4, -0.2) is 31.2 Å². The molecule has 2 heterocycles. The van der Waals surface area contributed by atoms with Gasteiger partial charge in [0, 0.05) is 11.5 Å². The molecule has 4 nitrogen and oxygen atoms in total. The lowest BCUT2D eigenvalue weighted by atomic mass is 9.80. The number of hydrogen-bond acceptors (Lipinski definition) is 4. The van der Waals surface area contributed by atoms with Crippen LogP contribution in [0.2, 0.25) is 0 Å². The van der Waals surface area contributed by atoms with E-state index in [2.05, 4.69) is 11.7 Å². The monoisotopic (exact) mass is 592 g/mol.